The highest BCUT2D eigenvalue weighted by atomic mass is 32.2. The van der Waals surface area contributed by atoms with Crippen molar-refractivity contribution in [2.75, 3.05) is 46.2 Å². The summed E-state index contributed by atoms with van der Waals surface area (Å²) in [7, 11) is 3.37. The lowest BCUT2D eigenvalue weighted by atomic mass is 9.81. The Morgan fingerprint density at radius 2 is 2.03 bits per heavy atom. The number of nitrogens with one attached hydrogen (secondary N) is 1. The SMILES string of the molecule is CON[C@H](CC[C@@H]1CCN(CCSC2CCCC2)C[C@@H]1CO)c1ccnc2ccc(OC)cc12. The first-order valence-electron chi connectivity index (χ1n) is 12.9. The molecule has 1 aliphatic carbocycles. The van der Waals surface area contributed by atoms with Gasteiger partial charge < -0.3 is 19.6 Å². The number of piperidine rings is 1. The lowest BCUT2D eigenvalue weighted by Crippen LogP contribution is -2.43. The third-order valence-electron chi connectivity index (χ3n) is 7.72. The molecular weight excluding hydrogens is 446 g/mol. The van der Waals surface area contributed by atoms with Crippen LogP contribution in [-0.4, -0.2) is 66.5 Å². The molecular formula is C27H41N3O3S. The van der Waals surface area contributed by atoms with E-state index in [1.54, 1.807) is 14.2 Å². The predicted octanol–water partition coefficient (Wildman–Crippen LogP) is 4.82. The lowest BCUT2D eigenvalue weighted by Gasteiger charge is -2.38. The van der Waals surface area contributed by atoms with Gasteiger partial charge in [-0.2, -0.15) is 17.2 Å². The quantitative estimate of drug-likeness (QED) is 0.416. The van der Waals surface area contributed by atoms with Crippen molar-refractivity contribution >= 4 is 22.7 Å². The van der Waals surface area contributed by atoms with Gasteiger partial charge >= 0.3 is 0 Å². The second-order valence-corrected chi connectivity index (χ2v) is 11.2. The van der Waals surface area contributed by atoms with E-state index in [4.69, 9.17) is 9.57 Å². The highest BCUT2D eigenvalue weighted by Crippen LogP contribution is 2.34. The first kappa shape index (κ1) is 25.7. The summed E-state index contributed by atoms with van der Waals surface area (Å²) >= 11 is 2.17. The van der Waals surface area contributed by atoms with Gasteiger partial charge in [-0.1, -0.05) is 12.8 Å². The van der Waals surface area contributed by atoms with E-state index in [-0.39, 0.29) is 12.6 Å². The summed E-state index contributed by atoms with van der Waals surface area (Å²) < 4.78 is 5.45. The molecule has 2 aromatic rings. The Morgan fingerprint density at radius 3 is 2.79 bits per heavy atom. The van der Waals surface area contributed by atoms with Gasteiger partial charge in [0.1, 0.15) is 5.75 Å². The third kappa shape index (κ3) is 6.64. The van der Waals surface area contributed by atoms with Gasteiger partial charge in [0, 0.05) is 42.3 Å². The normalized spacial score (nSPS) is 22.9. The minimum atomic E-state index is 0.0581. The summed E-state index contributed by atoms with van der Waals surface area (Å²) in [5.41, 5.74) is 5.35. The Morgan fingerprint density at radius 1 is 1.18 bits per heavy atom. The van der Waals surface area contributed by atoms with Crippen LogP contribution < -0.4 is 10.2 Å². The molecule has 1 aliphatic heterocycles. The predicted molar refractivity (Wildman–Crippen MR) is 140 cm³/mol. The number of rotatable bonds is 12. The van der Waals surface area contributed by atoms with E-state index in [0.717, 1.165) is 60.8 Å². The smallest absolute Gasteiger partial charge is 0.119 e. The average molecular weight is 488 g/mol. The van der Waals surface area contributed by atoms with Crippen molar-refractivity contribution in [3.63, 3.8) is 0 Å². The van der Waals surface area contributed by atoms with E-state index >= 15 is 0 Å². The number of hydrogen-bond donors (Lipinski definition) is 2. The molecule has 188 valence electrons. The highest BCUT2D eigenvalue weighted by Gasteiger charge is 2.30. The molecule has 2 heterocycles. The molecule has 0 bridgehead atoms. The van der Waals surface area contributed by atoms with E-state index in [1.807, 2.05) is 18.3 Å². The second kappa shape index (κ2) is 13.1. The number of likely N-dealkylation sites (tertiary alicyclic amines) is 1. The Hall–Kier alpha value is -1.38. The zero-order valence-electron chi connectivity index (χ0n) is 20.7. The summed E-state index contributed by atoms with van der Waals surface area (Å²) in [6, 6.07) is 8.14. The Labute approximate surface area is 208 Å². The molecule has 4 rings (SSSR count). The van der Waals surface area contributed by atoms with Crippen molar-refractivity contribution in [3.05, 3.63) is 36.0 Å². The summed E-state index contributed by atoms with van der Waals surface area (Å²) in [5, 5.41) is 12.1. The molecule has 34 heavy (non-hydrogen) atoms. The Balaban J connectivity index is 1.34. The van der Waals surface area contributed by atoms with E-state index in [2.05, 4.69) is 39.3 Å². The maximum absolute atomic E-state index is 10.2. The molecule has 3 atom stereocenters. The van der Waals surface area contributed by atoms with Gasteiger partial charge in [-0.05, 0) is 80.3 Å². The van der Waals surface area contributed by atoms with Gasteiger partial charge in [-0.3, -0.25) is 4.98 Å². The molecule has 2 N–H and O–H groups in total. The first-order valence-corrected chi connectivity index (χ1v) is 13.9. The average Bonchev–Trinajstić information content (AvgIpc) is 3.40. The van der Waals surface area contributed by atoms with Crippen LogP contribution in [-0.2, 0) is 4.84 Å². The molecule has 0 spiro atoms. The molecule has 1 aromatic heterocycles. The van der Waals surface area contributed by atoms with Crippen LogP contribution >= 0.6 is 11.8 Å². The fourth-order valence-corrected chi connectivity index (χ4v) is 7.09. The van der Waals surface area contributed by atoms with Crippen molar-refractivity contribution in [2.24, 2.45) is 11.8 Å². The minimum absolute atomic E-state index is 0.0581. The van der Waals surface area contributed by atoms with E-state index in [0.29, 0.717) is 11.8 Å². The number of hydrogen-bond acceptors (Lipinski definition) is 7. The maximum Gasteiger partial charge on any atom is 0.119 e. The number of aliphatic hydroxyl groups excluding tert-OH is 1. The topological polar surface area (TPSA) is 66.9 Å². The number of thioether (sulfide) groups is 1. The van der Waals surface area contributed by atoms with Crippen molar-refractivity contribution < 1.29 is 14.7 Å². The van der Waals surface area contributed by atoms with Crippen LogP contribution in [0.15, 0.2) is 30.5 Å². The van der Waals surface area contributed by atoms with Crippen LogP contribution in [0.25, 0.3) is 10.9 Å². The van der Waals surface area contributed by atoms with Crippen LogP contribution in [0.5, 0.6) is 5.75 Å². The maximum atomic E-state index is 10.2. The number of aliphatic hydroxyl groups is 1. The molecule has 2 fully saturated rings. The van der Waals surface area contributed by atoms with Crippen LogP contribution in [0.1, 0.15) is 56.6 Å². The molecule has 0 unspecified atom stereocenters. The Kier molecular flexibility index (Phi) is 9.88. The largest absolute Gasteiger partial charge is 0.497 e. The Bertz CT molecular complexity index is 893. The van der Waals surface area contributed by atoms with Gasteiger partial charge in [-0.25, -0.2) is 0 Å². The fraction of sp³-hybridized carbons (Fsp3) is 0.667. The van der Waals surface area contributed by atoms with Crippen molar-refractivity contribution in [1.29, 1.82) is 0 Å². The molecule has 7 heteroatoms. The van der Waals surface area contributed by atoms with Gasteiger partial charge in [0.2, 0.25) is 0 Å². The summed E-state index contributed by atoms with van der Waals surface area (Å²) in [4.78, 5) is 12.5. The highest BCUT2D eigenvalue weighted by molar-refractivity contribution is 7.99. The van der Waals surface area contributed by atoms with Gasteiger partial charge in [0.15, 0.2) is 0 Å². The molecule has 1 aromatic carbocycles. The van der Waals surface area contributed by atoms with Crippen molar-refractivity contribution in [3.8, 4) is 5.75 Å². The number of nitrogens with zero attached hydrogens (tertiary/aromatic N) is 2. The summed E-state index contributed by atoms with van der Waals surface area (Å²) in [6.45, 7) is 3.59. The number of hydroxylamine groups is 1. The molecule has 0 radical (unpaired) electrons. The van der Waals surface area contributed by atoms with Crippen molar-refractivity contribution in [1.82, 2.24) is 15.4 Å². The number of aromatic nitrogens is 1. The van der Waals surface area contributed by atoms with Crippen molar-refractivity contribution in [2.45, 2.75) is 56.2 Å². The number of benzene rings is 1. The summed E-state index contributed by atoms with van der Waals surface area (Å²) in [6.07, 6.45) is 10.7. The zero-order chi connectivity index (χ0) is 23.8. The molecule has 6 nitrogen and oxygen atoms in total. The number of fused-ring (bicyclic) bond motifs is 1. The molecule has 1 saturated carbocycles. The summed E-state index contributed by atoms with van der Waals surface area (Å²) in [5.74, 6) is 2.94. The van der Waals surface area contributed by atoms with Gasteiger partial charge in [-0.15, -0.1) is 0 Å². The zero-order valence-corrected chi connectivity index (χ0v) is 21.6. The van der Waals surface area contributed by atoms with E-state index < -0.39 is 0 Å². The second-order valence-electron chi connectivity index (χ2n) is 9.80. The molecule has 2 aliphatic rings. The van der Waals surface area contributed by atoms with Crippen LogP contribution in [0, 0.1) is 11.8 Å². The van der Waals surface area contributed by atoms with Crippen LogP contribution in [0.2, 0.25) is 0 Å². The third-order valence-corrected chi connectivity index (χ3v) is 9.08. The number of methoxy groups -OCH3 is 1. The first-order chi connectivity index (χ1) is 16.7. The monoisotopic (exact) mass is 487 g/mol. The minimum Gasteiger partial charge on any atom is -0.497 e. The fourth-order valence-electron chi connectivity index (χ4n) is 5.73. The van der Waals surface area contributed by atoms with E-state index in [1.165, 1.54) is 37.0 Å². The molecule has 0 amide bonds. The van der Waals surface area contributed by atoms with Gasteiger partial charge in [0.25, 0.3) is 0 Å². The van der Waals surface area contributed by atoms with Gasteiger partial charge in [0.05, 0.1) is 25.8 Å². The molecule has 1 saturated heterocycles. The standard InChI is InChI=1S/C27H41N3O3S/c1-32-22-8-10-26-25(17-22)24(11-13-28-26)27(29-33-2)9-7-20-12-14-30(18-21(20)19-31)15-16-34-23-5-3-4-6-23/h8,10-11,13,17,20-21,23,27,29,31H,3-7,9,12,14-16,18-19H2,1-2H3/t20-,21-,27-/m1/s1. The van der Waals surface area contributed by atoms with Crippen LogP contribution in [0.4, 0.5) is 0 Å². The lowest BCUT2D eigenvalue weighted by molar-refractivity contribution is 0.0434. The number of ether oxygens (including phenoxy) is 1. The van der Waals surface area contributed by atoms with Crippen LogP contribution in [0.3, 0.4) is 0 Å². The van der Waals surface area contributed by atoms with E-state index in [9.17, 15) is 5.11 Å². The number of pyridine rings is 1.